The van der Waals surface area contributed by atoms with Crippen molar-refractivity contribution >= 4 is 31.6 Å². The van der Waals surface area contributed by atoms with Crippen molar-refractivity contribution in [2.45, 2.75) is 18.4 Å². The zero-order valence-corrected chi connectivity index (χ0v) is 20.7. The number of hydrogen-bond donors (Lipinski definition) is 1. The van der Waals surface area contributed by atoms with Crippen LogP contribution in [-0.2, 0) is 31.4 Å². The van der Waals surface area contributed by atoms with Crippen molar-refractivity contribution in [1.29, 1.82) is 0 Å². The highest BCUT2D eigenvalue weighted by Gasteiger charge is 2.29. The maximum atomic E-state index is 12.7. The van der Waals surface area contributed by atoms with Crippen LogP contribution in [0.1, 0.15) is 11.1 Å². The predicted octanol–water partition coefficient (Wildman–Crippen LogP) is 1.01. The van der Waals surface area contributed by atoms with Crippen LogP contribution in [0.15, 0.2) is 53.4 Å². The lowest BCUT2D eigenvalue weighted by molar-refractivity contribution is -0.118. The number of aryl methyl sites for hydroxylation is 1. The molecule has 1 N–H and O–H groups in total. The average Bonchev–Trinajstić information content (AvgIpc) is 2.77. The van der Waals surface area contributed by atoms with Crippen LogP contribution in [0.25, 0.3) is 0 Å². The summed E-state index contributed by atoms with van der Waals surface area (Å²) in [7, 11) is -4.35. The molecule has 2 aromatic carbocycles. The Labute approximate surface area is 196 Å². The van der Waals surface area contributed by atoms with Gasteiger partial charge < -0.3 is 10.2 Å². The van der Waals surface area contributed by atoms with E-state index in [-0.39, 0.29) is 11.4 Å². The van der Waals surface area contributed by atoms with E-state index in [9.17, 15) is 21.6 Å². The number of carbonyl (C=O) groups is 1. The standard InChI is InChI=1S/C22H30N4O5S2/c1-18-5-4-6-20(15-18)25-11-13-26(14-12-25)32(28,29)17-22(27)23-16-19-7-9-21(10-8-19)33(30,31)24(2)3/h4-10,15H,11-14,16-17H2,1-3H3,(H,23,27). The number of anilines is 1. The van der Waals surface area contributed by atoms with Gasteiger partial charge in [0.25, 0.3) is 0 Å². The van der Waals surface area contributed by atoms with Crippen LogP contribution in [0.2, 0.25) is 0 Å². The number of sulfonamides is 2. The number of benzene rings is 2. The Hall–Kier alpha value is -2.47. The quantitative estimate of drug-likeness (QED) is 0.587. The van der Waals surface area contributed by atoms with Crippen LogP contribution in [0, 0.1) is 6.92 Å². The van der Waals surface area contributed by atoms with Gasteiger partial charge in [0.15, 0.2) is 0 Å². The molecule has 0 aliphatic carbocycles. The Balaban J connectivity index is 1.51. The first-order valence-corrected chi connectivity index (χ1v) is 13.6. The summed E-state index contributed by atoms with van der Waals surface area (Å²) in [5, 5.41) is 2.60. The second-order valence-electron chi connectivity index (χ2n) is 8.19. The van der Waals surface area contributed by atoms with Gasteiger partial charge in [-0.15, -0.1) is 0 Å². The zero-order chi connectivity index (χ0) is 24.2. The molecular weight excluding hydrogens is 464 g/mol. The molecule has 1 aliphatic heterocycles. The maximum absolute atomic E-state index is 12.7. The van der Waals surface area contributed by atoms with Crippen molar-refractivity contribution in [1.82, 2.24) is 13.9 Å². The Kier molecular flexibility index (Phi) is 7.78. The lowest BCUT2D eigenvalue weighted by Gasteiger charge is -2.35. The SMILES string of the molecule is Cc1cccc(N2CCN(S(=O)(=O)CC(=O)NCc3ccc(S(=O)(=O)N(C)C)cc3)CC2)c1. The molecule has 1 amide bonds. The first-order chi connectivity index (χ1) is 15.5. The van der Waals surface area contributed by atoms with Gasteiger partial charge in [-0.25, -0.2) is 21.1 Å². The molecule has 0 spiro atoms. The number of carbonyl (C=O) groups excluding carboxylic acids is 1. The number of nitrogens with one attached hydrogen (secondary N) is 1. The number of hydrogen-bond acceptors (Lipinski definition) is 6. The van der Waals surface area contributed by atoms with Gasteiger partial charge in [-0.2, -0.15) is 4.31 Å². The molecular formula is C22H30N4O5S2. The van der Waals surface area contributed by atoms with E-state index in [1.54, 1.807) is 12.1 Å². The minimum atomic E-state index is -3.73. The lowest BCUT2D eigenvalue weighted by atomic mass is 10.2. The topological polar surface area (TPSA) is 107 Å². The van der Waals surface area contributed by atoms with Crippen LogP contribution in [0.4, 0.5) is 5.69 Å². The summed E-state index contributed by atoms with van der Waals surface area (Å²) in [6, 6.07) is 14.2. The molecule has 2 aromatic rings. The first-order valence-electron chi connectivity index (χ1n) is 10.6. The van der Waals surface area contributed by atoms with Crippen LogP contribution in [0.5, 0.6) is 0 Å². The molecule has 0 bridgehead atoms. The summed E-state index contributed by atoms with van der Waals surface area (Å²) in [5.74, 6) is -1.22. The van der Waals surface area contributed by atoms with Crippen molar-refractivity contribution in [2.75, 3.05) is 50.9 Å². The molecule has 1 fully saturated rings. The molecule has 0 unspecified atom stereocenters. The Morgan fingerprint density at radius 3 is 2.18 bits per heavy atom. The van der Waals surface area contributed by atoms with Gasteiger partial charge in [0.2, 0.25) is 26.0 Å². The second-order valence-corrected chi connectivity index (χ2v) is 12.3. The molecule has 0 atom stereocenters. The number of amides is 1. The van der Waals surface area contributed by atoms with Crippen LogP contribution >= 0.6 is 0 Å². The van der Waals surface area contributed by atoms with E-state index in [1.165, 1.54) is 30.5 Å². The average molecular weight is 495 g/mol. The molecule has 1 heterocycles. The number of rotatable bonds is 8. The van der Waals surface area contributed by atoms with E-state index in [1.807, 2.05) is 25.1 Å². The molecule has 3 rings (SSSR count). The van der Waals surface area contributed by atoms with E-state index < -0.39 is 31.7 Å². The van der Waals surface area contributed by atoms with Crippen molar-refractivity contribution in [3.05, 3.63) is 59.7 Å². The monoisotopic (exact) mass is 494 g/mol. The largest absolute Gasteiger partial charge is 0.369 e. The van der Waals surface area contributed by atoms with E-state index in [2.05, 4.69) is 16.3 Å². The van der Waals surface area contributed by atoms with Gasteiger partial charge in [0.1, 0.15) is 5.75 Å². The lowest BCUT2D eigenvalue weighted by Crippen LogP contribution is -2.50. The fourth-order valence-corrected chi connectivity index (χ4v) is 5.79. The second kappa shape index (κ2) is 10.2. The van der Waals surface area contributed by atoms with Gasteiger partial charge in [-0.1, -0.05) is 24.3 Å². The van der Waals surface area contributed by atoms with E-state index in [0.717, 1.165) is 15.6 Å². The Morgan fingerprint density at radius 1 is 0.970 bits per heavy atom. The van der Waals surface area contributed by atoms with Gasteiger partial charge >= 0.3 is 0 Å². The van der Waals surface area contributed by atoms with E-state index >= 15 is 0 Å². The molecule has 0 radical (unpaired) electrons. The van der Waals surface area contributed by atoms with E-state index in [4.69, 9.17) is 0 Å². The molecule has 9 nitrogen and oxygen atoms in total. The van der Waals surface area contributed by atoms with E-state index in [0.29, 0.717) is 31.7 Å². The van der Waals surface area contributed by atoms with Crippen molar-refractivity contribution < 1.29 is 21.6 Å². The minimum Gasteiger partial charge on any atom is -0.369 e. The minimum absolute atomic E-state index is 0.109. The number of nitrogens with zero attached hydrogens (tertiary/aromatic N) is 3. The highest BCUT2D eigenvalue weighted by atomic mass is 32.2. The van der Waals surface area contributed by atoms with Crippen LogP contribution in [-0.4, -0.2) is 77.4 Å². The highest BCUT2D eigenvalue weighted by molar-refractivity contribution is 7.89. The third kappa shape index (κ3) is 6.32. The fraction of sp³-hybridized carbons (Fsp3) is 0.409. The Morgan fingerprint density at radius 2 is 1.61 bits per heavy atom. The van der Waals surface area contributed by atoms with Crippen molar-refractivity contribution in [3.63, 3.8) is 0 Å². The maximum Gasteiger partial charge on any atom is 0.242 e. The molecule has 11 heteroatoms. The highest BCUT2D eigenvalue weighted by Crippen LogP contribution is 2.19. The third-order valence-corrected chi connectivity index (χ3v) is 9.11. The normalized spacial score (nSPS) is 15.6. The third-order valence-electron chi connectivity index (χ3n) is 5.50. The van der Waals surface area contributed by atoms with Gasteiger partial charge in [0.05, 0.1) is 4.90 Å². The van der Waals surface area contributed by atoms with Crippen molar-refractivity contribution in [2.24, 2.45) is 0 Å². The van der Waals surface area contributed by atoms with Gasteiger partial charge in [0, 0.05) is 52.5 Å². The Bertz CT molecular complexity index is 1190. The van der Waals surface area contributed by atoms with Crippen molar-refractivity contribution in [3.8, 4) is 0 Å². The zero-order valence-electron chi connectivity index (χ0n) is 19.1. The number of piperazine rings is 1. The molecule has 180 valence electrons. The predicted molar refractivity (Wildman–Crippen MR) is 128 cm³/mol. The molecule has 1 saturated heterocycles. The summed E-state index contributed by atoms with van der Waals surface area (Å²) < 4.78 is 52.1. The van der Waals surface area contributed by atoms with Crippen LogP contribution in [0.3, 0.4) is 0 Å². The van der Waals surface area contributed by atoms with Gasteiger partial charge in [-0.05, 0) is 42.3 Å². The molecule has 0 saturated carbocycles. The van der Waals surface area contributed by atoms with Crippen LogP contribution < -0.4 is 10.2 Å². The van der Waals surface area contributed by atoms with Gasteiger partial charge in [-0.3, -0.25) is 4.79 Å². The summed E-state index contributed by atoms with van der Waals surface area (Å²) in [5.41, 5.74) is 2.88. The summed E-state index contributed by atoms with van der Waals surface area (Å²) in [6.07, 6.45) is 0. The summed E-state index contributed by atoms with van der Waals surface area (Å²) in [4.78, 5) is 14.6. The fourth-order valence-electron chi connectivity index (χ4n) is 3.55. The molecule has 1 aliphatic rings. The molecule has 33 heavy (non-hydrogen) atoms. The smallest absolute Gasteiger partial charge is 0.242 e. The molecule has 0 aromatic heterocycles. The first kappa shape index (κ1) is 25.2. The summed E-state index contributed by atoms with van der Waals surface area (Å²) in [6.45, 7) is 3.90. The summed E-state index contributed by atoms with van der Waals surface area (Å²) >= 11 is 0.